The Labute approximate surface area is 190 Å². The van der Waals surface area contributed by atoms with Gasteiger partial charge in [-0.2, -0.15) is 0 Å². The molecule has 0 saturated carbocycles. The van der Waals surface area contributed by atoms with Crippen molar-refractivity contribution in [1.29, 1.82) is 0 Å². The lowest BCUT2D eigenvalue weighted by Gasteiger charge is -2.43. The van der Waals surface area contributed by atoms with E-state index in [9.17, 15) is 9.59 Å². The third-order valence-electron chi connectivity index (χ3n) is 6.77. The molecule has 1 aromatic heterocycles. The van der Waals surface area contributed by atoms with E-state index < -0.39 is 17.0 Å². The van der Waals surface area contributed by atoms with Crippen molar-refractivity contribution in [2.24, 2.45) is 5.73 Å². The first kappa shape index (κ1) is 22.2. The predicted octanol–water partition coefficient (Wildman–Crippen LogP) is 3.70. The zero-order valence-corrected chi connectivity index (χ0v) is 19.6. The van der Waals surface area contributed by atoms with E-state index in [4.69, 9.17) is 5.73 Å². The summed E-state index contributed by atoms with van der Waals surface area (Å²) in [5.41, 5.74) is 10.1. The van der Waals surface area contributed by atoms with E-state index in [-0.39, 0.29) is 12.5 Å². The Morgan fingerprint density at radius 1 is 1.12 bits per heavy atom. The molecule has 168 valence electrons. The number of hydrogen-bond acceptors (Lipinski definition) is 4. The molecule has 1 fully saturated rings. The standard InChI is InChI=1S/C26H32N4O2/c1-17-10-11-20-18(2)15-25(4,5)30(21(20)14-17)23(31)16-29-13-7-12-26(29,24(27)32)22-9-6-8-19(3)28-22/h6,8-11,14-15H,7,12-13,16H2,1-5H3,(H2,27,32). The van der Waals surface area contributed by atoms with E-state index in [1.165, 1.54) is 0 Å². The molecular formula is C26H32N4O2. The van der Waals surface area contributed by atoms with Crippen LogP contribution in [-0.4, -0.2) is 40.3 Å². The summed E-state index contributed by atoms with van der Waals surface area (Å²) in [6, 6.07) is 11.8. The number of aromatic nitrogens is 1. The van der Waals surface area contributed by atoms with E-state index in [1.807, 2.05) is 55.7 Å². The van der Waals surface area contributed by atoms with Gasteiger partial charge in [0, 0.05) is 17.8 Å². The molecule has 1 saturated heterocycles. The van der Waals surface area contributed by atoms with Gasteiger partial charge in [-0.1, -0.05) is 24.3 Å². The summed E-state index contributed by atoms with van der Waals surface area (Å²) in [4.78, 5) is 35.1. The molecule has 2 N–H and O–H groups in total. The van der Waals surface area contributed by atoms with Crippen LogP contribution in [0.5, 0.6) is 0 Å². The van der Waals surface area contributed by atoms with Gasteiger partial charge in [-0.25, -0.2) is 0 Å². The molecule has 0 bridgehead atoms. The summed E-state index contributed by atoms with van der Waals surface area (Å²) in [7, 11) is 0. The van der Waals surface area contributed by atoms with Crippen LogP contribution in [0.3, 0.4) is 0 Å². The molecule has 3 heterocycles. The monoisotopic (exact) mass is 432 g/mol. The minimum Gasteiger partial charge on any atom is -0.368 e. The number of carbonyl (C=O) groups is 2. The second-order valence-corrected chi connectivity index (χ2v) is 9.64. The van der Waals surface area contributed by atoms with Crippen molar-refractivity contribution in [3.63, 3.8) is 0 Å². The van der Waals surface area contributed by atoms with Crippen LogP contribution in [-0.2, 0) is 15.1 Å². The Kier molecular flexibility index (Phi) is 5.45. The number of aryl methyl sites for hydroxylation is 2. The highest BCUT2D eigenvalue weighted by atomic mass is 16.2. The van der Waals surface area contributed by atoms with Crippen LogP contribution in [0.2, 0.25) is 0 Å². The van der Waals surface area contributed by atoms with Crippen molar-refractivity contribution >= 4 is 23.1 Å². The van der Waals surface area contributed by atoms with E-state index in [1.54, 1.807) is 0 Å². The maximum absolute atomic E-state index is 13.8. The molecule has 4 rings (SSSR count). The fraction of sp³-hybridized carbons (Fsp3) is 0.423. The van der Waals surface area contributed by atoms with Gasteiger partial charge in [0.15, 0.2) is 0 Å². The highest BCUT2D eigenvalue weighted by Gasteiger charge is 2.50. The lowest BCUT2D eigenvalue weighted by Crippen LogP contribution is -2.57. The minimum atomic E-state index is -1.07. The normalized spacial score (nSPS) is 22.4. The number of likely N-dealkylation sites (tertiary alicyclic amines) is 1. The average molecular weight is 433 g/mol. The Morgan fingerprint density at radius 3 is 2.56 bits per heavy atom. The first-order valence-electron chi connectivity index (χ1n) is 11.2. The highest BCUT2D eigenvalue weighted by molar-refractivity contribution is 6.02. The Hall–Kier alpha value is -2.99. The largest absolute Gasteiger partial charge is 0.368 e. The van der Waals surface area contributed by atoms with Crippen molar-refractivity contribution < 1.29 is 9.59 Å². The van der Waals surface area contributed by atoms with E-state index in [0.717, 1.165) is 34.5 Å². The number of amides is 2. The van der Waals surface area contributed by atoms with Gasteiger partial charge in [-0.05, 0) is 76.8 Å². The number of anilines is 1. The number of rotatable bonds is 4. The van der Waals surface area contributed by atoms with Gasteiger partial charge in [-0.15, -0.1) is 0 Å². The number of allylic oxidation sites excluding steroid dienone is 1. The average Bonchev–Trinajstić information content (AvgIpc) is 3.11. The van der Waals surface area contributed by atoms with Crippen LogP contribution in [0.15, 0.2) is 42.5 Å². The molecule has 0 aliphatic carbocycles. The van der Waals surface area contributed by atoms with Gasteiger partial charge in [0.1, 0.15) is 5.54 Å². The second-order valence-electron chi connectivity index (χ2n) is 9.64. The minimum absolute atomic E-state index is 0.0502. The molecule has 2 aromatic rings. The summed E-state index contributed by atoms with van der Waals surface area (Å²) in [5, 5.41) is 0. The molecule has 1 atom stereocenters. The highest BCUT2D eigenvalue weighted by Crippen LogP contribution is 2.41. The smallest absolute Gasteiger partial charge is 0.244 e. The topological polar surface area (TPSA) is 79.5 Å². The van der Waals surface area contributed by atoms with Gasteiger partial charge >= 0.3 is 0 Å². The zero-order chi connectivity index (χ0) is 23.3. The molecule has 2 amide bonds. The maximum Gasteiger partial charge on any atom is 0.244 e. The van der Waals surface area contributed by atoms with E-state index in [0.29, 0.717) is 18.7 Å². The molecule has 1 unspecified atom stereocenters. The van der Waals surface area contributed by atoms with Crippen molar-refractivity contribution in [3.8, 4) is 0 Å². The SMILES string of the molecule is CC1=CC(C)(C)N(C(=O)CN2CCCC2(C(N)=O)c2cccc(C)n2)c2cc(C)ccc21. The van der Waals surface area contributed by atoms with Gasteiger partial charge in [0.25, 0.3) is 0 Å². The Bertz CT molecular complexity index is 1120. The number of fused-ring (bicyclic) bond motifs is 1. The molecular weight excluding hydrogens is 400 g/mol. The van der Waals surface area contributed by atoms with Gasteiger partial charge in [0.2, 0.25) is 11.8 Å². The fourth-order valence-corrected chi connectivity index (χ4v) is 5.39. The first-order chi connectivity index (χ1) is 15.1. The fourth-order valence-electron chi connectivity index (χ4n) is 5.39. The number of nitrogens with two attached hydrogens (primary N) is 1. The molecule has 32 heavy (non-hydrogen) atoms. The van der Waals surface area contributed by atoms with E-state index >= 15 is 0 Å². The Morgan fingerprint density at radius 2 is 1.88 bits per heavy atom. The first-order valence-corrected chi connectivity index (χ1v) is 11.2. The number of benzene rings is 1. The second kappa shape index (κ2) is 7.85. The molecule has 0 radical (unpaired) electrons. The number of hydrogen-bond donors (Lipinski definition) is 1. The summed E-state index contributed by atoms with van der Waals surface area (Å²) in [6.07, 6.45) is 3.48. The van der Waals surface area contributed by atoms with Crippen LogP contribution >= 0.6 is 0 Å². The van der Waals surface area contributed by atoms with Gasteiger partial charge in [0.05, 0.1) is 23.5 Å². The van der Waals surface area contributed by atoms with Crippen LogP contribution in [0.4, 0.5) is 5.69 Å². The quantitative estimate of drug-likeness (QED) is 0.799. The van der Waals surface area contributed by atoms with Crippen LogP contribution in [0.25, 0.3) is 5.57 Å². The predicted molar refractivity (Wildman–Crippen MR) is 127 cm³/mol. The van der Waals surface area contributed by atoms with Crippen molar-refractivity contribution in [2.45, 2.75) is 58.5 Å². The molecule has 0 spiro atoms. The van der Waals surface area contributed by atoms with Gasteiger partial charge < -0.3 is 10.6 Å². The van der Waals surface area contributed by atoms with Crippen LogP contribution in [0, 0.1) is 13.8 Å². The zero-order valence-electron chi connectivity index (χ0n) is 19.6. The number of carbonyl (C=O) groups excluding carboxylic acids is 2. The molecule has 1 aromatic carbocycles. The molecule has 6 heteroatoms. The number of pyridine rings is 1. The summed E-state index contributed by atoms with van der Waals surface area (Å²) >= 11 is 0. The molecule has 6 nitrogen and oxygen atoms in total. The Balaban J connectivity index is 1.73. The lowest BCUT2D eigenvalue weighted by molar-refractivity contribution is -0.131. The van der Waals surface area contributed by atoms with Crippen molar-refractivity contribution in [1.82, 2.24) is 9.88 Å². The summed E-state index contributed by atoms with van der Waals surface area (Å²) in [5.74, 6) is -0.503. The third kappa shape index (κ3) is 3.52. The molecule has 2 aliphatic heterocycles. The van der Waals surface area contributed by atoms with Crippen molar-refractivity contribution in [3.05, 3.63) is 65.0 Å². The third-order valence-corrected chi connectivity index (χ3v) is 6.77. The van der Waals surface area contributed by atoms with E-state index in [2.05, 4.69) is 36.2 Å². The number of primary amides is 1. The maximum atomic E-state index is 13.8. The van der Waals surface area contributed by atoms with Crippen molar-refractivity contribution in [2.75, 3.05) is 18.0 Å². The lowest BCUT2D eigenvalue weighted by atomic mass is 9.87. The van der Waals surface area contributed by atoms with Crippen LogP contribution in [0.1, 0.15) is 56.1 Å². The van der Waals surface area contributed by atoms with Crippen LogP contribution < -0.4 is 10.6 Å². The summed E-state index contributed by atoms with van der Waals surface area (Å²) in [6.45, 7) is 10.8. The van der Waals surface area contributed by atoms with Gasteiger partial charge in [-0.3, -0.25) is 19.5 Å². The molecule has 2 aliphatic rings. The number of nitrogens with zero attached hydrogens (tertiary/aromatic N) is 3. The summed E-state index contributed by atoms with van der Waals surface area (Å²) < 4.78 is 0.